The van der Waals surface area contributed by atoms with E-state index >= 15 is 0 Å². The van der Waals surface area contributed by atoms with Crippen LogP contribution in [0.15, 0.2) is 18.2 Å². The van der Waals surface area contributed by atoms with Gasteiger partial charge in [-0.25, -0.2) is 4.39 Å². The first-order chi connectivity index (χ1) is 7.08. The summed E-state index contributed by atoms with van der Waals surface area (Å²) >= 11 is 0. The Morgan fingerprint density at radius 3 is 2.73 bits per heavy atom. The Bertz CT molecular complexity index is 368. The van der Waals surface area contributed by atoms with Gasteiger partial charge >= 0.3 is 5.97 Å². The Morgan fingerprint density at radius 1 is 1.60 bits per heavy atom. The van der Waals surface area contributed by atoms with Gasteiger partial charge in [-0.15, -0.1) is 0 Å². The Kier molecular flexibility index (Phi) is 3.62. The van der Waals surface area contributed by atoms with Gasteiger partial charge in [0.1, 0.15) is 11.6 Å². The number of carboxylic acid groups (broad SMARTS) is 1. The smallest absolute Gasteiger partial charge is 0.312 e. The summed E-state index contributed by atoms with van der Waals surface area (Å²) in [7, 11) is 1.39. The molecule has 0 aliphatic rings. The number of methoxy groups -OCH3 is 1. The SMILES string of the molecule is COc1cc(F)cc(C(CN)C(=O)O)c1. The van der Waals surface area contributed by atoms with E-state index in [2.05, 4.69) is 0 Å². The molecule has 1 rings (SSSR count). The molecule has 0 heterocycles. The van der Waals surface area contributed by atoms with Crippen molar-refractivity contribution < 1.29 is 19.0 Å². The van der Waals surface area contributed by atoms with E-state index in [0.717, 1.165) is 6.07 Å². The van der Waals surface area contributed by atoms with Gasteiger partial charge in [-0.2, -0.15) is 0 Å². The number of nitrogens with two attached hydrogens (primary N) is 1. The first-order valence-electron chi connectivity index (χ1n) is 4.35. The molecule has 0 aliphatic carbocycles. The summed E-state index contributed by atoms with van der Waals surface area (Å²) in [5.41, 5.74) is 5.61. The van der Waals surface area contributed by atoms with E-state index in [1.165, 1.54) is 19.2 Å². The van der Waals surface area contributed by atoms with Gasteiger partial charge in [0.25, 0.3) is 0 Å². The summed E-state index contributed by atoms with van der Waals surface area (Å²) in [4.78, 5) is 10.8. The van der Waals surface area contributed by atoms with Gasteiger partial charge in [0.15, 0.2) is 0 Å². The zero-order valence-electron chi connectivity index (χ0n) is 8.24. The molecule has 4 nitrogen and oxygen atoms in total. The summed E-state index contributed by atoms with van der Waals surface area (Å²) in [5.74, 6) is -2.24. The molecule has 1 atom stereocenters. The van der Waals surface area contributed by atoms with Crippen LogP contribution >= 0.6 is 0 Å². The third-order valence-corrected chi connectivity index (χ3v) is 2.07. The number of carbonyl (C=O) groups is 1. The second-order valence-corrected chi connectivity index (χ2v) is 3.05. The molecule has 1 aromatic rings. The van der Waals surface area contributed by atoms with Crippen molar-refractivity contribution in [2.75, 3.05) is 13.7 Å². The molecule has 1 unspecified atom stereocenters. The minimum atomic E-state index is -1.08. The first-order valence-corrected chi connectivity index (χ1v) is 4.35. The number of benzene rings is 1. The molecular weight excluding hydrogens is 201 g/mol. The Morgan fingerprint density at radius 2 is 2.27 bits per heavy atom. The summed E-state index contributed by atoms with van der Waals surface area (Å²) in [6.45, 7) is -0.0814. The average molecular weight is 213 g/mol. The lowest BCUT2D eigenvalue weighted by Gasteiger charge is -2.11. The van der Waals surface area contributed by atoms with Gasteiger partial charge < -0.3 is 15.6 Å². The number of carboxylic acids is 1. The van der Waals surface area contributed by atoms with E-state index in [-0.39, 0.29) is 12.3 Å². The van der Waals surface area contributed by atoms with E-state index in [4.69, 9.17) is 15.6 Å². The van der Waals surface area contributed by atoms with Crippen molar-refractivity contribution in [3.63, 3.8) is 0 Å². The van der Waals surface area contributed by atoms with Gasteiger partial charge in [-0.05, 0) is 17.7 Å². The molecule has 0 saturated carbocycles. The average Bonchev–Trinajstić information content (AvgIpc) is 2.17. The minimum absolute atomic E-state index is 0.0814. The van der Waals surface area contributed by atoms with Crippen molar-refractivity contribution >= 4 is 5.97 Å². The minimum Gasteiger partial charge on any atom is -0.497 e. The van der Waals surface area contributed by atoms with Crippen LogP contribution in [0.2, 0.25) is 0 Å². The summed E-state index contributed by atoms with van der Waals surface area (Å²) < 4.78 is 17.9. The highest BCUT2D eigenvalue weighted by atomic mass is 19.1. The third-order valence-electron chi connectivity index (χ3n) is 2.07. The highest BCUT2D eigenvalue weighted by molar-refractivity contribution is 5.76. The van der Waals surface area contributed by atoms with Crippen molar-refractivity contribution in [3.05, 3.63) is 29.6 Å². The molecular formula is C10H12FNO3. The van der Waals surface area contributed by atoms with Crippen molar-refractivity contribution in [1.82, 2.24) is 0 Å². The molecule has 0 aliphatic heterocycles. The molecule has 0 saturated heterocycles. The zero-order chi connectivity index (χ0) is 11.4. The van der Waals surface area contributed by atoms with E-state index < -0.39 is 17.7 Å². The predicted octanol–water partition coefficient (Wildman–Crippen LogP) is 0.961. The van der Waals surface area contributed by atoms with E-state index in [9.17, 15) is 9.18 Å². The quantitative estimate of drug-likeness (QED) is 0.781. The monoisotopic (exact) mass is 213 g/mol. The van der Waals surface area contributed by atoms with Crippen LogP contribution < -0.4 is 10.5 Å². The molecule has 0 amide bonds. The summed E-state index contributed by atoms with van der Waals surface area (Å²) in [6, 6.07) is 3.79. The number of halogens is 1. The molecule has 0 aromatic heterocycles. The molecule has 0 radical (unpaired) electrons. The Balaban J connectivity index is 3.11. The van der Waals surface area contributed by atoms with E-state index in [0.29, 0.717) is 5.56 Å². The van der Waals surface area contributed by atoms with Gasteiger partial charge in [0.05, 0.1) is 13.0 Å². The van der Waals surface area contributed by atoms with Crippen LogP contribution in [-0.2, 0) is 4.79 Å². The van der Waals surface area contributed by atoms with Gasteiger partial charge in [0, 0.05) is 12.6 Å². The van der Waals surface area contributed by atoms with Gasteiger partial charge in [0.2, 0.25) is 0 Å². The summed E-state index contributed by atoms with van der Waals surface area (Å²) in [5, 5.41) is 8.84. The number of rotatable bonds is 4. The van der Waals surface area contributed by atoms with E-state index in [1.54, 1.807) is 0 Å². The van der Waals surface area contributed by atoms with Crippen LogP contribution in [0, 0.1) is 5.82 Å². The van der Waals surface area contributed by atoms with E-state index in [1.807, 2.05) is 0 Å². The number of ether oxygens (including phenoxy) is 1. The summed E-state index contributed by atoms with van der Waals surface area (Å²) in [6.07, 6.45) is 0. The third kappa shape index (κ3) is 2.66. The van der Waals surface area contributed by atoms with Gasteiger partial charge in [-0.3, -0.25) is 4.79 Å². The highest BCUT2D eigenvalue weighted by Crippen LogP contribution is 2.22. The molecule has 0 bridgehead atoms. The van der Waals surface area contributed by atoms with Crippen LogP contribution in [0.1, 0.15) is 11.5 Å². The van der Waals surface area contributed by atoms with Crippen molar-refractivity contribution in [2.45, 2.75) is 5.92 Å². The Labute approximate surface area is 86.5 Å². The standard InChI is InChI=1S/C10H12FNO3/c1-15-8-3-6(2-7(11)4-8)9(5-12)10(13)14/h2-4,9H,5,12H2,1H3,(H,13,14). The fourth-order valence-corrected chi connectivity index (χ4v) is 1.28. The largest absolute Gasteiger partial charge is 0.497 e. The number of aliphatic carboxylic acids is 1. The second-order valence-electron chi connectivity index (χ2n) is 3.05. The normalized spacial score (nSPS) is 12.2. The maximum atomic E-state index is 13.1. The molecule has 0 spiro atoms. The van der Waals surface area contributed by atoms with Crippen LogP contribution in [0.5, 0.6) is 5.75 Å². The number of hydrogen-bond acceptors (Lipinski definition) is 3. The van der Waals surface area contributed by atoms with Crippen molar-refractivity contribution in [2.24, 2.45) is 5.73 Å². The molecule has 82 valence electrons. The molecule has 1 aromatic carbocycles. The van der Waals surface area contributed by atoms with Crippen LogP contribution in [0.25, 0.3) is 0 Å². The lowest BCUT2D eigenvalue weighted by molar-refractivity contribution is -0.138. The van der Waals surface area contributed by atoms with Crippen molar-refractivity contribution in [3.8, 4) is 5.75 Å². The van der Waals surface area contributed by atoms with Crippen LogP contribution in [-0.4, -0.2) is 24.7 Å². The van der Waals surface area contributed by atoms with Crippen LogP contribution in [0.4, 0.5) is 4.39 Å². The van der Waals surface area contributed by atoms with Gasteiger partial charge in [-0.1, -0.05) is 0 Å². The number of hydrogen-bond donors (Lipinski definition) is 2. The van der Waals surface area contributed by atoms with Crippen molar-refractivity contribution in [1.29, 1.82) is 0 Å². The highest BCUT2D eigenvalue weighted by Gasteiger charge is 2.19. The fourth-order valence-electron chi connectivity index (χ4n) is 1.28. The maximum absolute atomic E-state index is 13.1. The maximum Gasteiger partial charge on any atom is 0.312 e. The second kappa shape index (κ2) is 4.75. The molecule has 15 heavy (non-hydrogen) atoms. The Hall–Kier alpha value is -1.62. The molecule has 5 heteroatoms. The lowest BCUT2D eigenvalue weighted by atomic mass is 9.99. The predicted molar refractivity (Wildman–Crippen MR) is 52.4 cm³/mol. The first kappa shape index (κ1) is 11.5. The lowest BCUT2D eigenvalue weighted by Crippen LogP contribution is -2.21. The zero-order valence-corrected chi connectivity index (χ0v) is 8.24. The topological polar surface area (TPSA) is 72.5 Å². The molecule has 0 fully saturated rings. The fraction of sp³-hybridized carbons (Fsp3) is 0.300. The molecule has 3 N–H and O–H groups in total. The van der Waals surface area contributed by atoms with Crippen LogP contribution in [0.3, 0.4) is 0 Å².